The van der Waals surface area contributed by atoms with Crippen LogP contribution in [0.15, 0.2) is 24.3 Å². The Morgan fingerprint density at radius 3 is 1.05 bits per heavy atom. The molecule has 0 aliphatic carbocycles. The summed E-state index contributed by atoms with van der Waals surface area (Å²) in [5.74, 6) is 0. The molecule has 1 rings (SSSR count). The van der Waals surface area contributed by atoms with Crippen molar-refractivity contribution in [2.24, 2.45) is 0 Å². The predicted octanol–water partition coefficient (Wildman–Crippen LogP) is 5.11. The van der Waals surface area contributed by atoms with Gasteiger partial charge in [-0.25, -0.2) is 12.1 Å². The number of rotatable bonds is 1. The van der Waals surface area contributed by atoms with Crippen molar-refractivity contribution in [2.45, 2.75) is 59.7 Å². The van der Waals surface area contributed by atoms with Gasteiger partial charge < -0.3 is 17.2 Å². The molecule has 0 aliphatic heterocycles. The summed E-state index contributed by atoms with van der Waals surface area (Å²) in [5, 5.41) is 0.241. The van der Waals surface area contributed by atoms with Crippen LogP contribution in [0.5, 0.6) is 0 Å². The Balaban J connectivity index is -0.0000000973. The number of halogens is 2. The summed E-state index contributed by atoms with van der Waals surface area (Å²) in [4.78, 5) is 0. The van der Waals surface area contributed by atoms with Crippen LogP contribution in [-0.4, -0.2) is 27.6 Å². The summed E-state index contributed by atoms with van der Waals surface area (Å²) in [6.45, 7) is 11.0. The third kappa shape index (κ3) is 53.4. The maximum Gasteiger partial charge on any atom is 4.00 e. The summed E-state index contributed by atoms with van der Waals surface area (Å²) in [7, 11) is -3.48. The molecule has 1 aromatic carbocycles. The second kappa shape index (κ2) is 20.2. The van der Waals surface area contributed by atoms with E-state index in [0.29, 0.717) is 0 Å². The van der Waals surface area contributed by atoms with Gasteiger partial charge in [0.2, 0.25) is 0 Å². The van der Waals surface area contributed by atoms with Crippen molar-refractivity contribution in [1.82, 2.24) is 0 Å². The van der Waals surface area contributed by atoms with Crippen molar-refractivity contribution >= 4 is 14.7 Å². The van der Waals surface area contributed by atoms with Crippen LogP contribution in [0.1, 0.15) is 41.5 Å². The second-order valence-corrected chi connectivity index (χ2v) is 6.25. The zero-order valence-corrected chi connectivity index (χ0v) is 17.5. The van der Waals surface area contributed by atoms with Gasteiger partial charge in [-0.15, -0.1) is 23.3 Å². The van der Waals surface area contributed by atoms with E-state index in [1.165, 1.54) is 12.1 Å². The van der Waals surface area contributed by atoms with Crippen LogP contribution in [0, 0.1) is 0 Å². The van der Waals surface area contributed by atoms with Crippen molar-refractivity contribution in [1.29, 1.82) is 0 Å². The molecule has 21 heavy (non-hydrogen) atoms. The molecule has 0 saturated carbocycles. The van der Waals surface area contributed by atoms with Gasteiger partial charge >= 0.3 is 35.7 Å². The van der Waals surface area contributed by atoms with Crippen LogP contribution >= 0.6 is 0 Å². The molecule has 0 unspecified atom stereocenters. The Morgan fingerprint density at radius 1 is 0.762 bits per heavy atom. The molecule has 3 N–H and O–H groups in total. The summed E-state index contributed by atoms with van der Waals surface area (Å²) in [6, 6.07) is 6.46. The fourth-order valence-corrected chi connectivity index (χ4v) is 1.05. The fourth-order valence-electron chi connectivity index (χ4n) is 0.534. The predicted molar refractivity (Wildman–Crippen MR) is 89.4 cm³/mol. The molecule has 0 saturated heterocycles. The van der Waals surface area contributed by atoms with E-state index in [1.807, 2.05) is 41.5 Å². The third-order valence-electron chi connectivity index (χ3n) is 0.940. The fraction of sp³-hybridized carbons (Fsp3) is 0.643. The van der Waals surface area contributed by atoms with Crippen molar-refractivity contribution in [3.63, 3.8) is 0 Å². The van der Waals surface area contributed by atoms with Crippen LogP contribution in [0.25, 0.3) is 17.2 Å². The van der Waals surface area contributed by atoms with Gasteiger partial charge in [0.15, 0.2) is 0 Å². The van der Waals surface area contributed by atoms with E-state index in [-0.39, 0.29) is 49.5 Å². The van der Waals surface area contributed by atoms with Gasteiger partial charge in [0.25, 0.3) is 0 Å². The third-order valence-corrected chi connectivity index (χ3v) is 1.83. The van der Waals surface area contributed by atoms with Gasteiger partial charge in [0, 0.05) is 0 Å². The molecule has 1 aromatic rings. The van der Waals surface area contributed by atoms with E-state index in [0.717, 1.165) is 0 Å². The first-order valence-electron chi connectivity index (χ1n) is 6.63. The van der Waals surface area contributed by atoms with Crippen molar-refractivity contribution in [2.75, 3.05) is 0 Å². The van der Waals surface area contributed by atoms with E-state index >= 15 is 0 Å². The Kier molecular flexibility index (Phi) is 28.1. The standard InChI is InChI=1S/C5H5F2Si.3C3H8N.Zr/c6-8(7)5-3-1-2-4-5;3*1-3(2)4;/h1-4,8H;3*3-4H,1-2H3;/q4*-1;+4. The average molecular weight is 397 g/mol. The molecule has 0 amide bonds. The SMILES string of the molecule is CC(C)[NH-].CC(C)[NH-].CC(C)[NH-].F[SiH](F)[c-]1cccc1.[Zr+4]. The number of hydrogen-bond acceptors (Lipinski definition) is 0. The maximum atomic E-state index is 11.7. The Morgan fingerprint density at radius 2 is 0.952 bits per heavy atom. The molecule has 3 nitrogen and oxygen atoms in total. The summed E-state index contributed by atoms with van der Waals surface area (Å²) in [5.41, 5.74) is 19.8. The smallest absolute Gasteiger partial charge is 0.675 e. The van der Waals surface area contributed by atoms with Crippen LogP contribution in [0.4, 0.5) is 8.22 Å². The van der Waals surface area contributed by atoms with Crippen LogP contribution < -0.4 is 5.19 Å². The topological polar surface area (TPSA) is 71.4 Å². The van der Waals surface area contributed by atoms with E-state index in [4.69, 9.17) is 17.2 Å². The zero-order valence-electron chi connectivity index (χ0n) is 13.9. The monoisotopic (exact) mass is 395 g/mol. The summed E-state index contributed by atoms with van der Waals surface area (Å²) in [6.07, 6.45) is 0. The molecule has 0 aromatic heterocycles. The number of nitrogens with one attached hydrogen (secondary N) is 3. The van der Waals surface area contributed by atoms with Gasteiger partial charge in [-0.1, -0.05) is 41.5 Å². The molecule has 0 fully saturated rings. The van der Waals surface area contributed by atoms with Gasteiger partial charge in [-0.3, -0.25) is 8.22 Å². The molecule has 122 valence electrons. The minimum absolute atomic E-state index is 0. The van der Waals surface area contributed by atoms with E-state index in [1.54, 1.807) is 12.1 Å². The van der Waals surface area contributed by atoms with Gasteiger partial charge in [-0.05, 0) is 0 Å². The number of hydrogen-bond donors (Lipinski definition) is 0. The van der Waals surface area contributed by atoms with Gasteiger partial charge in [0.05, 0.1) is 0 Å². The van der Waals surface area contributed by atoms with Gasteiger partial charge in [0.1, 0.15) is 0 Å². The minimum Gasteiger partial charge on any atom is -0.675 e. The average Bonchev–Trinajstić information content (AvgIpc) is 2.66. The molecular weight excluding hydrogens is 367 g/mol. The van der Waals surface area contributed by atoms with Crippen molar-refractivity contribution in [3.8, 4) is 0 Å². The molecule has 7 heteroatoms. The van der Waals surface area contributed by atoms with E-state index in [2.05, 4.69) is 0 Å². The van der Waals surface area contributed by atoms with Crippen molar-refractivity contribution < 1.29 is 34.4 Å². The maximum absolute atomic E-state index is 11.7. The van der Waals surface area contributed by atoms with Gasteiger partial charge in [-0.2, -0.15) is 12.1 Å². The van der Waals surface area contributed by atoms with Crippen molar-refractivity contribution in [3.05, 3.63) is 41.5 Å². The van der Waals surface area contributed by atoms with Crippen LogP contribution in [0.2, 0.25) is 0 Å². The summed E-state index contributed by atoms with van der Waals surface area (Å²) >= 11 is 0. The van der Waals surface area contributed by atoms with Crippen LogP contribution in [0.3, 0.4) is 0 Å². The first-order valence-corrected chi connectivity index (χ1v) is 8.08. The second-order valence-electron chi connectivity index (χ2n) is 4.98. The molecular formula is C14H29F2N3SiZr. The molecule has 0 aliphatic rings. The minimum atomic E-state index is -3.48. The van der Waals surface area contributed by atoms with E-state index in [9.17, 15) is 8.22 Å². The Labute approximate surface area is 150 Å². The van der Waals surface area contributed by atoms with Crippen LogP contribution in [-0.2, 0) is 26.2 Å². The summed E-state index contributed by atoms with van der Waals surface area (Å²) < 4.78 is 23.5. The molecule has 0 heterocycles. The zero-order chi connectivity index (χ0) is 16.7. The quantitative estimate of drug-likeness (QED) is 0.359. The Bertz CT molecular complexity index is 247. The first-order chi connectivity index (χ1) is 9.00. The largest absolute Gasteiger partial charge is 4.00 e. The Hall–Kier alpha value is 0.190. The molecule has 0 spiro atoms. The first kappa shape index (κ1) is 29.2. The molecule has 0 atom stereocenters. The molecule has 0 radical (unpaired) electrons. The molecule has 0 bridgehead atoms. The normalized spacial score (nSPS) is 9.10. The van der Waals surface area contributed by atoms with E-state index < -0.39 is 9.46 Å².